The minimum absolute atomic E-state index is 0. The van der Waals surface area contributed by atoms with Crippen LogP contribution >= 0.6 is 7.82 Å². The van der Waals surface area contributed by atoms with Crippen molar-refractivity contribution in [2.24, 2.45) is 5.73 Å². The van der Waals surface area contributed by atoms with E-state index in [0.29, 0.717) is 19.8 Å². The first kappa shape index (κ1) is 60.6. The van der Waals surface area contributed by atoms with E-state index in [-0.39, 0.29) is 78.9 Å². The SMILES string of the molecule is CCCCCCCCCCCCCCCCCCOCC(COP(=O)([O-])[O-])OCCCCCCCCCCCCCCCCCC.NCCO.[Na+].[Na+]. The van der Waals surface area contributed by atoms with Crippen molar-refractivity contribution in [3.63, 3.8) is 0 Å². The summed E-state index contributed by atoms with van der Waals surface area (Å²) in [5, 5.41) is 7.75. The van der Waals surface area contributed by atoms with Crippen LogP contribution in [-0.4, -0.2) is 50.8 Å². The summed E-state index contributed by atoms with van der Waals surface area (Å²) in [6.07, 6.45) is 41.9. The van der Waals surface area contributed by atoms with Crippen molar-refractivity contribution in [1.82, 2.24) is 0 Å². The van der Waals surface area contributed by atoms with Crippen LogP contribution in [0.1, 0.15) is 219 Å². The van der Waals surface area contributed by atoms with Gasteiger partial charge in [0.05, 0.1) is 27.6 Å². The number of phosphoric ester groups is 1. The predicted octanol–water partition coefficient (Wildman–Crippen LogP) is 4.70. The van der Waals surface area contributed by atoms with Gasteiger partial charge in [-0.3, -0.25) is 0 Å². The van der Waals surface area contributed by atoms with E-state index in [4.69, 9.17) is 20.3 Å². The van der Waals surface area contributed by atoms with Crippen molar-refractivity contribution in [3.8, 4) is 0 Å². The Bertz CT molecular complexity index is 663. The maximum Gasteiger partial charge on any atom is 1.00 e. The largest absolute Gasteiger partial charge is 1.00 e. The first-order chi connectivity index (χ1) is 24.4. The van der Waals surface area contributed by atoms with Crippen LogP contribution in [0.15, 0.2) is 0 Å². The molecule has 8 nitrogen and oxygen atoms in total. The zero-order valence-electron chi connectivity index (χ0n) is 35.4. The van der Waals surface area contributed by atoms with Gasteiger partial charge in [0, 0.05) is 19.8 Å². The first-order valence-corrected chi connectivity index (χ1v) is 23.0. The zero-order chi connectivity index (χ0) is 37.1. The van der Waals surface area contributed by atoms with Gasteiger partial charge in [0.25, 0.3) is 0 Å². The fourth-order valence-electron chi connectivity index (χ4n) is 6.19. The number of rotatable bonds is 41. The number of aliphatic hydroxyl groups is 1. The van der Waals surface area contributed by atoms with Gasteiger partial charge in [0.2, 0.25) is 0 Å². The van der Waals surface area contributed by atoms with E-state index in [2.05, 4.69) is 18.4 Å². The summed E-state index contributed by atoms with van der Waals surface area (Å²) in [6.45, 7) is 6.19. The Hall–Kier alpha value is 1.95. The molecule has 0 amide bonds. The molecule has 0 heterocycles. The number of unbranched alkanes of at least 4 members (excludes halogenated alkanes) is 30. The second-order valence-electron chi connectivity index (χ2n) is 14.4. The molecule has 0 fully saturated rings. The molecule has 1 atom stereocenters. The molecule has 3 N–H and O–H groups in total. The van der Waals surface area contributed by atoms with Crippen LogP contribution in [0, 0.1) is 0 Å². The first-order valence-electron chi connectivity index (χ1n) is 21.6. The van der Waals surface area contributed by atoms with E-state index in [0.717, 1.165) is 25.7 Å². The summed E-state index contributed by atoms with van der Waals surface area (Å²) < 4.78 is 27.1. The van der Waals surface area contributed by atoms with Crippen LogP contribution in [0.25, 0.3) is 0 Å². The third-order valence-corrected chi connectivity index (χ3v) is 9.81. The third-order valence-electron chi connectivity index (χ3n) is 9.35. The monoisotopic (exact) mass is 782 g/mol. The molecule has 1 unspecified atom stereocenters. The van der Waals surface area contributed by atoms with Crippen molar-refractivity contribution in [1.29, 1.82) is 0 Å². The van der Waals surface area contributed by atoms with E-state index < -0.39 is 13.9 Å². The summed E-state index contributed by atoms with van der Waals surface area (Å²) in [5.74, 6) is 0. The van der Waals surface area contributed by atoms with Crippen LogP contribution in [0.2, 0.25) is 0 Å². The summed E-state index contributed by atoms with van der Waals surface area (Å²) in [5.41, 5.74) is 4.78. The molecular weight excluding hydrogens is 695 g/mol. The summed E-state index contributed by atoms with van der Waals surface area (Å²) in [4.78, 5) is 21.9. The number of nitrogens with two attached hydrogens (primary N) is 1. The van der Waals surface area contributed by atoms with E-state index in [1.54, 1.807) is 0 Å². The van der Waals surface area contributed by atoms with Gasteiger partial charge in [-0.2, -0.15) is 0 Å². The van der Waals surface area contributed by atoms with Gasteiger partial charge < -0.3 is 39.2 Å². The summed E-state index contributed by atoms with van der Waals surface area (Å²) in [6, 6.07) is 0. The van der Waals surface area contributed by atoms with Gasteiger partial charge in [-0.1, -0.05) is 206 Å². The molecule has 0 aromatic carbocycles. The molecular formula is C41H86NNa2O7P. The summed E-state index contributed by atoms with van der Waals surface area (Å²) >= 11 is 0. The fourth-order valence-corrected chi connectivity index (χ4v) is 6.53. The molecule has 0 radical (unpaired) electrons. The molecule has 0 aromatic rings. The minimum Gasteiger partial charge on any atom is -0.790 e. The molecule has 11 heteroatoms. The van der Waals surface area contributed by atoms with Crippen LogP contribution in [0.5, 0.6) is 0 Å². The van der Waals surface area contributed by atoms with Crippen molar-refractivity contribution in [2.75, 3.05) is 39.6 Å². The van der Waals surface area contributed by atoms with E-state index in [1.807, 2.05) is 0 Å². The Morgan fingerprint density at radius 3 is 1.04 bits per heavy atom. The second-order valence-corrected chi connectivity index (χ2v) is 15.6. The number of hydrogen-bond donors (Lipinski definition) is 2. The predicted molar refractivity (Wildman–Crippen MR) is 209 cm³/mol. The van der Waals surface area contributed by atoms with Crippen molar-refractivity contribution >= 4 is 7.82 Å². The Balaban J connectivity index is -0.00000181. The molecule has 0 aliphatic rings. The van der Waals surface area contributed by atoms with Crippen LogP contribution in [0.3, 0.4) is 0 Å². The smallest absolute Gasteiger partial charge is 0.790 e. The molecule has 0 bridgehead atoms. The average Bonchev–Trinajstić information content (AvgIpc) is 3.10. The van der Waals surface area contributed by atoms with E-state index in [1.165, 1.54) is 180 Å². The van der Waals surface area contributed by atoms with Crippen LogP contribution in [-0.2, 0) is 18.6 Å². The second kappa shape index (κ2) is 53.0. The topological polar surface area (TPSA) is 137 Å². The van der Waals surface area contributed by atoms with Crippen molar-refractivity contribution < 1.29 is 92.6 Å². The van der Waals surface area contributed by atoms with Crippen molar-refractivity contribution in [3.05, 3.63) is 0 Å². The summed E-state index contributed by atoms with van der Waals surface area (Å²) in [7, 11) is -5.01. The molecule has 0 rings (SSSR count). The number of hydrogen-bond acceptors (Lipinski definition) is 8. The molecule has 0 saturated carbocycles. The standard InChI is InChI=1S/C39H81O6P.C2H7NO.2Na/c1-3-5-7-9-11-13-15-17-19-21-23-25-27-29-31-33-35-43-37-39(38-45-46(40,41)42)44-36-34-32-30-28-26-24-22-20-18-16-14-12-10-8-6-4-2;3-1-2-4;;/h39H,3-38H2,1-2H3,(H2,40,41,42);4H,1-3H2;;/q;;2*+1/p-2. The zero-order valence-corrected chi connectivity index (χ0v) is 40.3. The molecule has 0 aliphatic carbocycles. The quantitative estimate of drug-likeness (QED) is 0.0518. The Kier molecular flexibility index (Phi) is 61.7. The Morgan fingerprint density at radius 1 is 0.500 bits per heavy atom. The average molecular weight is 782 g/mol. The van der Waals surface area contributed by atoms with Gasteiger partial charge in [-0.05, 0) is 12.8 Å². The normalized spacial score (nSPS) is 11.8. The van der Waals surface area contributed by atoms with Gasteiger partial charge >= 0.3 is 59.1 Å². The van der Waals surface area contributed by atoms with Gasteiger partial charge in [-0.15, -0.1) is 0 Å². The minimum atomic E-state index is -5.01. The van der Waals surface area contributed by atoms with E-state index in [9.17, 15) is 14.4 Å². The number of phosphoric acid groups is 1. The van der Waals surface area contributed by atoms with E-state index >= 15 is 0 Å². The third kappa shape index (κ3) is 58.7. The molecule has 0 spiro atoms. The van der Waals surface area contributed by atoms with Gasteiger partial charge in [-0.25, -0.2) is 0 Å². The molecule has 0 aromatic heterocycles. The van der Waals surface area contributed by atoms with Crippen LogP contribution < -0.4 is 74.6 Å². The molecule has 0 saturated heterocycles. The van der Waals surface area contributed by atoms with Gasteiger partial charge in [0.15, 0.2) is 0 Å². The fraction of sp³-hybridized carbons (Fsp3) is 1.00. The van der Waals surface area contributed by atoms with Gasteiger partial charge in [0.1, 0.15) is 6.10 Å². The van der Waals surface area contributed by atoms with Crippen LogP contribution in [0.4, 0.5) is 0 Å². The maximum absolute atomic E-state index is 11.0. The Morgan fingerprint density at radius 2 is 0.769 bits per heavy atom. The molecule has 0 aliphatic heterocycles. The number of aliphatic hydroxyl groups excluding tert-OH is 1. The Labute approximate surface area is 368 Å². The molecule has 52 heavy (non-hydrogen) atoms. The van der Waals surface area contributed by atoms with Crippen molar-refractivity contribution in [2.45, 2.75) is 225 Å². The number of ether oxygens (including phenoxy) is 2. The molecule has 304 valence electrons. The maximum atomic E-state index is 11.0.